The third-order valence-corrected chi connectivity index (χ3v) is 5.27. The van der Waals surface area contributed by atoms with E-state index in [1.165, 1.54) is 30.6 Å². The lowest BCUT2D eigenvalue weighted by Crippen LogP contribution is -2.38. The Bertz CT molecular complexity index is 352. The number of hydrogen-bond acceptors (Lipinski definition) is 2. The van der Waals surface area contributed by atoms with E-state index in [0.29, 0.717) is 11.3 Å². The smallest absolute Gasteiger partial charge is 0.0406 e. The van der Waals surface area contributed by atoms with Crippen LogP contribution in [0.3, 0.4) is 0 Å². The highest BCUT2D eigenvalue weighted by Crippen LogP contribution is 2.37. The van der Waals surface area contributed by atoms with Gasteiger partial charge in [0.2, 0.25) is 0 Å². The van der Waals surface area contributed by atoms with Gasteiger partial charge < -0.3 is 5.73 Å². The van der Waals surface area contributed by atoms with E-state index >= 15 is 0 Å². The van der Waals surface area contributed by atoms with E-state index in [9.17, 15) is 0 Å². The van der Waals surface area contributed by atoms with Gasteiger partial charge in [-0.1, -0.05) is 24.9 Å². The quantitative estimate of drug-likeness (QED) is 0.883. The fourth-order valence-electron chi connectivity index (χ4n) is 2.43. The van der Waals surface area contributed by atoms with Gasteiger partial charge in [0, 0.05) is 21.2 Å². The molecular weight excluding hydrogens is 250 g/mol. The molecule has 0 bridgehead atoms. The van der Waals surface area contributed by atoms with Crippen LogP contribution in [0.15, 0.2) is 29.2 Å². The van der Waals surface area contributed by atoms with Crippen LogP contribution in [0.5, 0.6) is 0 Å². The molecule has 94 valence electrons. The molecule has 3 heteroatoms. The van der Waals surface area contributed by atoms with Gasteiger partial charge in [-0.3, -0.25) is 0 Å². The third kappa shape index (κ3) is 3.64. The van der Waals surface area contributed by atoms with Gasteiger partial charge in [0.15, 0.2) is 0 Å². The molecule has 0 aliphatic heterocycles. The van der Waals surface area contributed by atoms with Crippen LogP contribution in [0.2, 0.25) is 5.02 Å². The van der Waals surface area contributed by atoms with E-state index in [1.54, 1.807) is 0 Å². The molecule has 1 aliphatic carbocycles. The summed E-state index contributed by atoms with van der Waals surface area (Å²) in [5, 5.41) is 1.36. The second-order valence-corrected chi connectivity index (χ2v) is 6.61. The predicted octanol–water partition coefficient (Wildman–Crippen LogP) is 4.34. The minimum absolute atomic E-state index is 0.346. The van der Waals surface area contributed by atoms with Crippen molar-refractivity contribution in [2.45, 2.75) is 48.8 Å². The van der Waals surface area contributed by atoms with Gasteiger partial charge in [-0.2, -0.15) is 0 Å². The van der Waals surface area contributed by atoms with Crippen molar-refractivity contribution >= 4 is 23.4 Å². The molecule has 1 aromatic carbocycles. The summed E-state index contributed by atoms with van der Waals surface area (Å²) >= 11 is 7.81. The maximum Gasteiger partial charge on any atom is 0.0406 e. The number of hydrogen-bond donors (Lipinski definition) is 1. The highest BCUT2D eigenvalue weighted by Gasteiger charge is 2.27. The Kier molecular flexibility index (Phi) is 4.78. The van der Waals surface area contributed by atoms with Gasteiger partial charge >= 0.3 is 0 Å². The maximum atomic E-state index is 6.23. The van der Waals surface area contributed by atoms with Crippen LogP contribution in [0, 0.1) is 5.92 Å². The summed E-state index contributed by atoms with van der Waals surface area (Å²) < 4.78 is 0. The van der Waals surface area contributed by atoms with Crippen molar-refractivity contribution < 1.29 is 0 Å². The molecule has 1 nitrogen and oxygen atoms in total. The van der Waals surface area contributed by atoms with Crippen molar-refractivity contribution in [3.63, 3.8) is 0 Å². The minimum Gasteiger partial charge on any atom is -0.327 e. The molecule has 0 radical (unpaired) electrons. The number of rotatable bonds is 3. The summed E-state index contributed by atoms with van der Waals surface area (Å²) in [5.41, 5.74) is 6.23. The second kappa shape index (κ2) is 6.12. The van der Waals surface area contributed by atoms with Gasteiger partial charge in [0.05, 0.1) is 0 Å². The Balaban J connectivity index is 1.98. The summed E-state index contributed by atoms with van der Waals surface area (Å²) in [5.74, 6) is 0.861. The largest absolute Gasteiger partial charge is 0.327 e. The van der Waals surface area contributed by atoms with E-state index in [2.05, 4.69) is 19.1 Å². The normalized spacial score (nSPS) is 29.2. The number of thioether (sulfide) groups is 1. The summed E-state index contributed by atoms with van der Waals surface area (Å²) in [7, 11) is 0. The molecule has 2 rings (SSSR count). The molecule has 3 unspecified atom stereocenters. The van der Waals surface area contributed by atoms with E-state index in [4.69, 9.17) is 17.3 Å². The summed E-state index contributed by atoms with van der Waals surface area (Å²) in [6, 6.07) is 8.44. The van der Waals surface area contributed by atoms with Crippen molar-refractivity contribution in [3.8, 4) is 0 Å². The average Bonchev–Trinajstić information content (AvgIpc) is 2.35. The topological polar surface area (TPSA) is 26.0 Å². The Morgan fingerprint density at radius 2 is 2.00 bits per heavy atom. The number of benzene rings is 1. The molecule has 1 fully saturated rings. The highest BCUT2D eigenvalue weighted by atomic mass is 35.5. The van der Waals surface area contributed by atoms with Crippen LogP contribution in [0.25, 0.3) is 0 Å². The molecule has 0 spiro atoms. The van der Waals surface area contributed by atoms with Crippen molar-refractivity contribution in [1.82, 2.24) is 0 Å². The molecule has 2 N–H and O–H groups in total. The van der Waals surface area contributed by atoms with Gasteiger partial charge in [0.1, 0.15) is 0 Å². The minimum atomic E-state index is 0.346. The molecule has 1 aromatic rings. The first-order valence-electron chi connectivity index (χ1n) is 6.37. The number of halogens is 1. The summed E-state index contributed by atoms with van der Waals surface area (Å²) in [4.78, 5) is 1.28. The second-order valence-electron chi connectivity index (χ2n) is 4.86. The first kappa shape index (κ1) is 13.3. The van der Waals surface area contributed by atoms with Gasteiger partial charge in [-0.15, -0.1) is 11.8 Å². The summed E-state index contributed by atoms with van der Waals surface area (Å²) in [6.45, 7) is 2.28. The number of nitrogens with two attached hydrogens (primary N) is 1. The zero-order valence-corrected chi connectivity index (χ0v) is 11.8. The van der Waals surface area contributed by atoms with E-state index in [-0.39, 0.29) is 0 Å². The third-order valence-electron chi connectivity index (χ3n) is 3.63. The van der Waals surface area contributed by atoms with Crippen LogP contribution in [-0.4, -0.2) is 11.3 Å². The molecule has 1 aliphatic rings. The molecule has 0 saturated heterocycles. The zero-order valence-electron chi connectivity index (χ0n) is 10.2. The fraction of sp³-hybridized carbons (Fsp3) is 0.571. The first-order chi connectivity index (χ1) is 8.19. The lowest BCUT2D eigenvalue weighted by Gasteiger charge is -2.33. The zero-order chi connectivity index (χ0) is 12.3. The predicted molar refractivity (Wildman–Crippen MR) is 76.7 cm³/mol. The Hall–Kier alpha value is -0.180. The molecule has 0 aromatic heterocycles. The fourth-order valence-corrected chi connectivity index (χ4v) is 3.88. The van der Waals surface area contributed by atoms with Crippen LogP contribution >= 0.6 is 23.4 Å². The molecule has 17 heavy (non-hydrogen) atoms. The standard InChI is InChI=1S/C14H20ClNS/c1-2-10-3-8-13(16)14(9-10)17-12-6-4-11(15)5-7-12/h4-7,10,13-14H,2-3,8-9,16H2,1H3. The maximum absolute atomic E-state index is 6.23. The molecular formula is C14H20ClNS. The molecule has 0 heterocycles. The Labute approximate surface area is 113 Å². The van der Waals surface area contributed by atoms with Crippen molar-refractivity contribution in [2.75, 3.05) is 0 Å². The van der Waals surface area contributed by atoms with E-state index in [1.807, 2.05) is 23.9 Å². The summed E-state index contributed by atoms with van der Waals surface area (Å²) in [6.07, 6.45) is 5.01. The van der Waals surface area contributed by atoms with Gasteiger partial charge in [0.25, 0.3) is 0 Å². The molecule has 3 atom stereocenters. The van der Waals surface area contributed by atoms with Crippen molar-refractivity contribution in [3.05, 3.63) is 29.3 Å². The lowest BCUT2D eigenvalue weighted by molar-refractivity contribution is 0.327. The van der Waals surface area contributed by atoms with E-state index < -0.39 is 0 Å². The SMILES string of the molecule is CCC1CCC(N)C(Sc2ccc(Cl)cc2)C1. The van der Waals surface area contributed by atoms with Crippen molar-refractivity contribution in [2.24, 2.45) is 11.7 Å². The monoisotopic (exact) mass is 269 g/mol. The lowest BCUT2D eigenvalue weighted by atomic mass is 9.84. The average molecular weight is 270 g/mol. The Morgan fingerprint density at radius 3 is 2.65 bits per heavy atom. The van der Waals surface area contributed by atoms with Crippen LogP contribution in [-0.2, 0) is 0 Å². The van der Waals surface area contributed by atoms with Gasteiger partial charge in [-0.25, -0.2) is 0 Å². The Morgan fingerprint density at radius 1 is 1.29 bits per heavy atom. The van der Waals surface area contributed by atoms with E-state index in [0.717, 1.165) is 10.9 Å². The van der Waals surface area contributed by atoms with Crippen LogP contribution in [0.4, 0.5) is 0 Å². The van der Waals surface area contributed by atoms with Crippen LogP contribution < -0.4 is 5.73 Å². The van der Waals surface area contributed by atoms with Crippen molar-refractivity contribution in [1.29, 1.82) is 0 Å². The van der Waals surface area contributed by atoms with Crippen LogP contribution in [0.1, 0.15) is 32.6 Å². The molecule has 1 saturated carbocycles. The van der Waals surface area contributed by atoms with Gasteiger partial charge in [-0.05, 0) is 49.4 Å². The highest BCUT2D eigenvalue weighted by molar-refractivity contribution is 8.00. The first-order valence-corrected chi connectivity index (χ1v) is 7.62. The molecule has 0 amide bonds.